The van der Waals surface area contributed by atoms with Crippen molar-refractivity contribution in [2.45, 2.75) is 38.8 Å². The van der Waals surface area contributed by atoms with Crippen LogP contribution in [-0.4, -0.2) is 31.9 Å². The molecule has 0 saturated heterocycles. The van der Waals surface area contributed by atoms with Gasteiger partial charge in [-0.25, -0.2) is 0 Å². The Hall–Kier alpha value is -2.38. The lowest BCUT2D eigenvalue weighted by Crippen LogP contribution is -2.28. The van der Waals surface area contributed by atoms with Crippen LogP contribution in [0.1, 0.15) is 54.2 Å². The highest BCUT2D eigenvalue weighted by molar-refractivity contribution is 6.34. The van der Waals surface area contributed by atoms with Crippen molar-refractivity contribution >= 4 is 23.5 Å². The maximum absolute atomic E-state index is 12.4. The number of benzene rings is 1. The molecule has 1 atom stereocenters. The van der Waals surface area contributed by atoms with Crippen molar-refractivity contribution in [3.63, 3.8) is 0 Å². The lowest BCUT2D eigenvalue weighted by atomic mass is 9.84. The van der Waals surface area contributed by atoms with Crippen LogP contribution in [0.4, 0.5) is 0 Å². The van der Waals surface area contributed by atoms with E-state index in [-0.39, 0.29) is 23.0 Å². The van der Waals surface area contributed by atoms with Crippen LogP contribution in [0.3, 0.4) is 0 Å². The van der Waals surface area contributed by atoms with Crippen LogP contribution in [0.25, 0.3) is 0 Å². The molecule has 8 heteroatoms. The van der Waals surface area contributed by atoms with Gasteiger partial charge in [0.15, 0.2) is 0 Å². The first-order valence-corrected chi connectivity index (χ1v) is 8.45. The highest BCUT2D eigenvalue weighted by atomic mass is 35.5. The number of aliphatic hydroxyl groups excluding tert-OH is 1. The van der Waals surface area contributed by atoms with Crippen molar-refractivity contribution < 1.29 is 19.8 Å². The molecule has 0 fully saturated rings. The van der Waals surface area contributed by atoms with Gasteiger partial charge in [0.25, 0.3) is 5.91 Å². The first-order valence-electron chi connectivity index (χ1n) is 8.07. The smallest absolute Gasteiger partial charge is 0.313 e. The summed E-state index contributed by atoms with van der Waals surface area (Å²) in [7, 11) is 1.58. The van der Waals surface area contributed by atoms with Gasteiger partial charge in [-0.3, -0.25) is 14.3 Å². The highest BCUT2D eigenvalue weighted by Gasteiger charge is 2.29. The standard InChI is InChI=1S/C18H22ClN3O4/c1-10(23)14-13(19)15(22(4)21-14)16(24)20-9-11-5-7-12(8-6-11)18(2,3)17(25)26/h5-8,10,23H,9H2,1-4H3,(H,20,24)(H,25,26). The van der Waals surface area contributed by atoms with Crippen LogP contribution in [0.5, 0.6) is 0 Å². The van der Waals surface area contributed by atoms with Gasteiger partial charge in [0, 0.05) is 13.6 Å². The fourth-order valence-corrected chi connectivity index (χ4v) is 2.87. The summed E-state index contributed by atoms with van der Waals surface area (Å²) in [6.07, 6.45) is -0.875. The van der Waals surface area contributed by atoms with Crippen molar-refractivity contribution in [1.82, 2.24) is 15.1 Å². The zero-order valence-electron chi connectivity index (χ0n) is 15.1. The summed E-state index contributed by atoms with van der Waals surface area (Å²) < 4.78 is 1.33. The Kier molecular flexibility index (Phi) is 5.73. The average molecular weight is 380 g/mol. The van der Waals surface area contributed by atoms with E-state index in [0.717, 1.165) is 5.56 Å². The molecule has 2 aromatic rings. The van der Waals surface area contributed by atoms with Crippen LogP contribution < -0.4 is 5.32 Å². The fraction of sp³-hybridized carbons (Fsp3) is 0.389. The minimum absolute atomic E-state index is 0.124. The summed E-state index contributed by atoms with van der Waals surface area (Å²) in [6.45, 7) is 5.04. The molecule has 7 nitrogen and oxygen atoms in total. The molecule has 3 N–H and O–H groups in total. The van der Waals surface area contributed by atoms with Crippen molar-refractivity contribution in [2.24, 2.45) is 7.05 Å². The number of carboxylic acids is 1. The number of aliphatic hydroxyl groups is 1. The summed E-state index contributed by atoms with van der Waals surface area (Å²) >= 11 is 6.14. The first-order chi connectivity index (χ1) is 12.1. The predicted octanol–water partition coefficient (Wildman–Crippen LogP) is 2.42. The Bertz CT molecular complexity index is 826. The summed E-state index contributed by atoms with van der Waals surface area (Å²) in [5, 5.41) is 25.8. The van der Waals surface area contributed by atoms with E-state index in [2.05, 4.69) is 10.4 Å². The van der Waals surface area contributed by atoms with Crippen LogP contribution in [0.15, 0.2) is 24.3 Å². The van der Waals surface area contributed by atoms with Crippen LogP contribution >= 0.6 is 11.6 Å². The molecule has 0 aliphatic carbocycles. The normalized spacial score (nSPS) is 12.7. The summed E-state index contributed by atoms with van der Waals surface area (Å²) in [6, 6.07) is 7.01. The molecule has 0 spiro atoms. The monoisotopic (exact) mass is 379 g/mol. The lowest BCUT2D eigenvalue weighted by Gasteiger charge is -2.19. The second-order valence-electron chi connectivity index (χ2n) is 6.66. The van der Waals surface area contributed by atoms with Crippen molar-refractivity contribution in [1.29, 1.82) is 0 Å². The maximum atomic E-state index is 12.4. The lowest BCUT2D eigenvalue weighted by molar-refractivity contribution is -0.142. The topological polar surface area (TPSA) is 104 Å². The van der Waals surface area contributed by atoms with Gasteiger partial charge in [-0.1, -0.05) is 35.9 Å². The minimum Gasteiger partial charge on any atom is -0.481 e. The number of carboxylic acid groups (broad SMARTS) is 1. The maximum Gasteiger partial charge on any atom is 0.313 e. The molecule has 1 aromatic heterocycles. The fourth-order valence-electron chi connectivity index (χ4n) is 2.46. The predicted molar refractivity (Wildman–Crippen MR) is 97.1 cm³/mol. The van der Waals surface area contributed by atoms with Gasteiger partial charge in [-0.05, 0) is 31.9 Å². The summed E-state index contributed by atoms with van der Waals surface area (Å²) in [4.78, 5) is 23.7. The van der Waals surface area contributed by atoms with E-state index in [4.69, 9.17) is 11.6 Å². The zero-order valence-corrected chi connectivity index (χ0v) is 15.8. The van der Waals surface area contributed by atoms with Gasteiger partial charge in [-0.15, -0.1) is 0 Å². The summed E-state index contributed by atoms with van der Waals surface area (Å²) in [5.74, 6) is -1.31. The average Bonchev–Trinajstić information content (AvgIpc) is 2.87. The van der Waals surface area contributed by atoms with Crippen molar-refractivity contribution in [3.8, 4) is 0 Å². The van der Waals surface area contributed by atoms with Gasteiger partial charge in [-0.2, -0.15) is 5.10 Å². The third-order valence-corrected chi connectivity index (χ3v) is 4.66. The zero-order chi connectivity index (χ0) is 19.6. The number of aromatic nitrogens is 2. The first kappa shape index (κ1) is 19.9. The van der Waals surface area contributed by atoms with Gasteiger partial charge >= 0.3 is 5.97 Å². The number of aliphatic carboxylic acids is 1. The third-order valence-electron chi connectivity index (χ3n) is 4.29. The number of carbonyl (C=O) groups is 2. The van der Waals surface area contributed by atoms with E-state index < -0.39 is 23.4 Å². The Morgan fingerprint density at radius 1 is 1.31 bits per heavy atom. The van der Waals surface area contributed by atoms with Crippen molar-refractivity contribution in [3.05, 3.63) is 51.8 Å². The number of nitrogens with zero attached hydrogens (tertiary/aromatic N) is 2. The number of halogens is 1. The molecule has 0 aliphatic heterocycles. The van der Waals surface area contributed by atoms with Gasteiger partial charge in [0.1, 0.15) is 11.4 Å². The Morgan fingerprint density at radius 3 is 2.35 bits per heavy atom. The van der Waals surface area contributed by atoms with Gasteiger partial charge in [0.05, 0.1) is 16.5 Å². The molecule has 140 valence electrons. The van der Waals surface area contributed by atoms with Gasteiger partial charge in [0.2, 0.25) is 0 Å². The molecule has 0 radical (unpaired) electrons. The van der Waals surface area contributed by atoms with E-state index in [1.54, 1.807) is 45.2 Å². The molecule has 2 rings (SSSR count). The second-order valence-corrected chi connectivity index (χ2v) is 7.04. The largest absolute Gasteiger partial charge is 0.481 e. The number of hydrogen-bond donors (Lipinski definition) is 3. The molecule has 26 heavy (non-hydrogen) atoms. The molecule has 0 saturated carbocycles. The van der Waals surface area contributed by atoms with E-state index >= 15 is 0 Å². The number of aryl methyl sites for hydroxylation is 1. The quantitative estimate of drug-likeness (QED) is 0.715. The van der Waals surface area contributed by atoms with Crippen LogP contribution in [0, 0.1) is 0 Å². The number of rotatable bonds is 6. The van der Waals surface area contributed by atoms with E-state index in [1.807, 2.05) is 0 Å². The number of nitrogens with one attached hydrogen (secondary N) is 1. The minimum atomic E-state index is -0.985. The molecule has 1 amide bonds. The van der Waals surface area contributed by atoms with Crippen LogP contribution in [0.2, 0.25) is 5.02 Å². The summed E-state index contributed by atoms with van der Waals surface area (Å²) in [5.41, 5.74) is 0.931. The Morgan fingerprint density at radius 2 is 1.88 bits per heavy atom. The molecule has 1 unspecified atom stereocenters. The molecular formula is C18H22ClN3O4. The second kappa shape index (κ2) is 7.47. The van der Waals surface area contributed by atoms with E-state index in [1.165, 1.54) is 11.6 Å². The molecule has 0 aliphatic rings. The number of amides is 1. The third kappa shape index (κ3) is 3.89. The Balaban J connectivity index is 2.10. The number of carbonyl (C=O) groups excluding carboxylic acids is 1. The molecule has 1 aromatic carbocycles. The SMILES string of the molecule is CC(O)c1nn(C)c(C(=O)NCc2ccc(C(C)(C)C(=O)O)cc2)c1Cl. The van der Waals surface area contributed by atoms with Crippen molar-refractivity contribution in [2.75, 3.05) is 0 Å². The van der Waals surface area contributed by atoms with E-state index in [9.17, 15) is 19.8 Å². The Labute approximate surface area is 156 Å². The van der Waals surface area contributed by atoms with Gasteiger partial charge < -0.3 is 15.5 Å². The number of hydrogen-bond acceptors (Lipinski definition) is 4. The molecular weight excluding hydrogens is 358 g/mol. The highest BCUT2D eigenvalue weighted by Crippen LogP contribution is 2.26. The molecule has 0 bridgehead atoms. The van der Waals surface area contributed by atoms with Crippen LogP contribution in [-0.2, 0) is 23.8 Å². The molecule has 1 heterocycles. The van der Waals surface area contributed by atoms with E-state index in [0.29, 0.717) is 5.56 Å².